The maximum absolute atomic E-state index is 12.7. The fourth-order valence-electron chi connectivity index (χ4n) is 3.42. The van der Waals surface area contributed by atoms with Crippen molar-refractivity contribution in [3.63, 3.8) is 0 Å². The molecule has 1 heterocycles. The summed E-state index contributed by atoms with van der Waals surface area (Å²) in [6.45, 7) is 6.09. The van der Waals surface area contributed by atoms with E-state index in [-0.39, 0.29) is 18.4 Å². The Labute approximate surface area is 156 Å². The standard InChI is InChI=1S/C20H31N3O3/c1-4-17-10-6-7-12-23(17)20(25)15-22(5-2)14-19(24)21-16-9-8-11-18(13-16)26-3/h8-9,11,13,17H,4-7,10,12,14-15H2,1-3H3,(H,21,24)/t17-/m1/s1. The van der Waals surface area contributed by atoms with Crippen LogP contribution in [-0.2, 0) is 9.59 Å². The highest BCUT2D eigenvalue weighted by Crippen LogP contribution is 2.20. The lowest BCUT2D eigenvalue weighted by atomic mass is 10.00. The van der Waals surface area contributed by atoms with E-state index < -0.39 is 0 Å². The van der Waals surface area contributed by atoms with Gasteiger partial charge in [-0.3, -0.25) is 14.5 Å². The smallest absolute Gasteiger partial charge is 0.238 e. The number of nitrogens with zero attached hydrogens (tertiary/aromatic N) is 2. The second-order valence-corrected chi connectivity index (χ2v) is 6.73. The molecule has 0 unspecified atom stereocenters. The molecule has 6 nitrogen and oxygen atoms in total. The zero-order valence-corrected chi connectivity index (χ0v) is 16.2. The van der Waals surface area contributed by atoms with Gasteiger partial charge in [0.15, 0.2) is 0 Å². The van der Waals surface area contributed by atoms with Crippen molar-refractivity contribution < 1.29 is 14.3 Å². The predicted octanol–water partition coefficient (Wildman–Crippen LogP) is 2.75. The van der Waals surface area contributed by atoms with E-state index in [2.05, 4.69) is 12.2 Å². The van der Waals surface area contributed by atoms with E-state index in [1.165, 1.54) is 6.42 Å². The van der Waals surface area contributed by atoms with Crippen LogP contribution >= 0.6 is 0 Å². The molecule has 0 bridgehead atoms. The Morgan fingerprint density at radius 3 is 2.77 bits per heavy atom. The van der Waals surface area contributed by atoms with Gasteiger partial charge in [-0.05, 0) is 44.4 Å². The van der Waals surface area contributed by atoms with Crippen molar-refractivity contribution in [2.45, 2.75) is 45.6 Å². The first-order valence-electron chi connectivity index (χ1n) is 9.53. The van der Waals surface area contributed by atoms with Crippen molar-refractivity contribution in [3.05, 3.63) is 24.3 Å². The van der Waals surface area contributed by atoms with E-state index in [1.807, 2.05) is 34.9 Å². The van der Waals surface area contributed by atoms with E-state index >= 15 is 0 Å². The third-order valence-corrected chi connectivity index (χ3v) is 4.95. The van der Waals surface area contributed by atoms with Crippen LogP contribution < -0.4 is 10.1 Å². The molecule has 26 heavy (non-hydrogen) atoms. The molecule has 1 aliphatic rings. The molecule has 6 heteroatoms. The van der Waals surface area contributed by atoms with Crippen molar-refractivity contribution in [1.82, 2.24) is 9.80 Å². The first kappa shape index (κ1) is 20.2. The second kappa shape index (κ2) is 10.2. The number of amides is 2. The maximum Gasteiger partial charge on any atom is 0.238 e. The summed E-state index contributed by atoms with van der Waals surface area (Å²) in [4.78, 5) is 28.9. The highest BCUT2D eigenvalue weighted by atomic mass is 16.5. The molecule has 0 saturated carbocycles. The minimum atomic E-state index is -0.126. The zero-order valence-electron chi connectivity index (χ0n) is 16.2. The molecule has 1 fully saturated rings. The molecular formula is C20H31N3O3. The fourth-order valence-corrected chi connectivity index (χ4v) is 3.42. The number of rotatable bonds is 8. The quantitative estimate of drug-likeness (QED) is 0.773. The molecule has 1 atom stereocenters. The molecule has 1 aromatic carbocycles. The molecule has 0 aromatic heterocycles. The van der Waals surface area contributed by atoms with Crippen molar-refractivity contribution in [2.24, 2.45) is 0 Å². The summed E-state index contributed by atoms with van der Waals surface area (Å²) >= 11 is 0. The first-order valence-corrected chi connectivity index (χ1v) is 9.53. The van der Waals surface area contributed by atoms with Crippen LogP contribution in [0.4, 0.5) is 5.69 Å². The monoisotopic (exact) mass is 361 g/mol. The summed E-state index contributed by atoms with van der Waals surface area (Å²) in [5, 5.41) is 2.87. The Balaban J connectivity index is 1.89. The van der Waals surface area contributed by atoms with Gasteiger partial charge in [0.1, 0.15) is 5.75 Å². The lowest BCUT2D eigenvalue weighted by molar-refractivity contribution is -0.136. The van der Waals surface area contributed by atoms with Gasteiger partial charge in [0.2, 0.25) is 11.8 Å². The Morgan fingerprint density at radius 2 is 2.08 bits per heavy atom. The summed E-state index contributed by atoms with van der Waals surface area (Å²) in [6, 6.07) is 7.60. The third kappa shape index (κ3) is 5.73. The number of piperidine rings is 1. The number of methoxy groups -OCH3 is 1. The molecule has 2 rings (SSSR count). The number of benzene rings is 1. The Morgan fingerprint density at radius 1 is 1.27 bits per heavy atom. The topological polar surface area (TPSA) is 61.9 Å². The number of nitrogens with one attached hydrogen (secondary N) is 1. The molecule has 144 valence electrons. The van der Waals surface area contributed by atoms with Crippen molar-refractivity contribution in [2.75, 3.05) is 38.6 Å². The normalized spacial score (nSPS) is 17.2. The van der Waals surface area contributed by atoms with Crippen LogP contribution in [0.2, 0.25) is 0 Å². The summed E-state index contributed by atoms with van der Waals surface area (Å²) < 4.78 is 5.17. The van der Waals surface area contributed by atoms with Crippen LogP contribution in [0, 0.1) is 0 Å². The molecule has 0 spiro atoms. The predicted molar refractivity (Wildman–Crippen MR) is 103 cm³/mol. The summed E-state index contributed by atoms with van der Waals surface area (Å²) in [7, 11) is 1.59. The second-order valence-electron chi connectivity index (χ2n) is 6.73. The van der Waals surface area contributed by atoms with Gasteiger partial charge in [0.05, 0.1) is 20.2 Å². The zero-order chi connectivity index (χ0) is 18.9. The average molecular weight is 361 g/mol. The van der Waals surface area contributed by atoms with Gasteiger partial charge in [-0.15, -0.1) is 0 Å². The van der Waals surface area contributed by atoms with Crippen molar-refractivity contribution in [1.29, 1.82) is 0 Å². The van der Waals surface area contributed by atoms with Crippen LogP contribution in [0.15, 0.2) is 24.3 Å². The van der Waals surface area contributed by atoms with E-state index in [4.69, 9.17) is 4.74 Å². The highest BCUT2D eigenvalue weighted by molar-refractivity contribution is 5.92. The largest absolute Gasteiger partial charge is 0.497 e. The van der Waals surface area contributed by atoms with Crippen molar-refractivity contribution in [3.8, 4) is 5.75 Å². The summed E-state index contributed by atoms with van der Waals surface area (Å²) in [5.41, 5.74) is 0.693. The summed E-state index contributed by atoms with van der Waals surface area (Å²) in [6.07, 6.45) is 4.35. The van der Waals surface area contributed by atoms with Crippen LogP contribution in [0.5, 0.6) is 5.75 Å². The first-order chi connectivity index (χ1) is 12.6. The van der Waals surface area contributed by atoms with Gasteiger partial charge in [0.25, 0.3) is 0 Å². The van der Waals surface area contributed by atoms with Crippen molar-refractivity contribution >= 4 is 17.5 Å². The Hall–Kier alpha value is -2.08. The maximum atomic E-state index is 12.7. The van der Waals surface area contributed by atoms with E-state index in [9.17, 15) is 9.59 Å². The van der Waals surface area contributed by atoms with Crippen LogP contribution in [0.25, 0.3) is 0 Å². The van der Waals surface area contributed by atoms with Gasteiger partial charge >= 0.3 is 0 Å². The number of likely N-dealkylation sites (N-methyl/N-ethyl adjacent to an activating group) is 1. The molecule has 0 aliphatic carbocycles. The van der Waals surface area contributed by atoms with Gasteiger partial charge in [0, 0.05) is 24.3 Å². The van der Waals surface area contributed by atoms with Crippen LogP contribution in [0.1, 0.15) is 39.5 Å². The van der Waals surface area contributed by atoms with Gasteiger partial charge in [-0.2, -0.15) is 0 Å². The molecule has 1 N–H and O–H groups in total. The van der Waals surface area contributed by atoms with Gasteiger partial charge in [-0.1, -0.05) is 19.9 Å². The molecule has 1 aromatic rings. The minimum Gasteiger partial charge on any atom is -0.497 e. The molecule has 2 amide bonds. The number of carbonyl (C=O) groups excluding carboxylic acids is 2. The molecule has 0 radical (unpaired) electrons. The number of carbonyl (C=O) groups is 2. The average Bonchev–Trinajstić information content (AvgIpc) is 2.67. The van der Waals surface area contributed by atoms with Crippen LogP contribution in [0.3, 0.4) is 0 Å². The minimum absolute atomic E-state index is 0.126. The van der Waals surface area contributed by atoms with Gasteiger partial charge in [-0.25, -0.2) is 0 Å². The number of anilines is 1. The van der Waals surface area contributed by atoms with Crippen LogP contribution in [-0.4, -0.2) is 60.9 Å². The number of ether oxygens (including phenoxy) is 1. The fraction of sp³-hybridized carbons (Fsp3) is 0.600. The number of hydrogen-bond acceptors (Lipinski definition) is 4. The molecule has 1 aliphatic heterocycles. The van der Waals surface area contributed by atoms with E-state index in [0.29, 0.717) is 30.6 Å². The Kier molecular flexibility index (Phi) is 7.91. The summed E-state index contributed by atoms with van der Waals surface area (Å²) in [5.74, 6) is 0.701. The Bertz CT molecular complexity index is 606. The number of likely N-dealkylation sites (tertiary alicyclic amines) is 1. The molecular weight excluding hydrogens is 330 g/mol. The van der Waals surface area contributed by atoms with E-state index in [0.717, 1.165) is 25.8 Å². The number of hydrogen-bond donors (Lipinski definition) is 1. The highest BCUT2D eigenvalue weighted by Gasteiger charge is 2.26. The van der Waals surface area contributed by atoms with E-state index in [1.54, 1.807) is 13.2 Å². The SMILES string of the molecule is CC[C@@H]1CCCCN1C(=O)CN(CC)CC(=O)Nc1cccc(OC)c1. The lowest BCUT2D eigenvalue weighted by Gasteiger charge is -2.36. The van der Waals surface area contributed by atoms with Gasteiger partial charge < -0.3 is 15.0 Å². The lowest BCUT2D eigenvalue weighted by Crippen LogP contribution is -2.48. The third-order valence-electron chi connectivity index (χ3n) is 4.95. The molecule has 1 saturated heterocycles.